The van der Waals surface area contributed by atoms with Gasteiger partial charge in [-0.2, -0.15) is 0 Å². The molecule has 0 aromatic heterocycles. The third-order valence-corrected chi connectivity index (χ3v) is 4.64. The molecule has 1 aliphatic heterocycles. The Bertz CT molecular complexity index is 562. The molecule has 1 aliphatic rings. The molecule has 2 rings (SSSR count). The first kappa shape index (κ1) is 15.5. The third kappa shape index (κ3) is 2.67. The molecular formula is C17H24N2O2. The van der Waals surface area contributed by atoms with Gasteiger partial charge in [0.25, 0.3) is 0 Å². The quantitative estimate of drug-likeness (QED) is 0.924. The maximum Gasteiger partial charge on any atom is 0.246 e. The Morgan fingerprint density at radius 2 is 1.86 bits per heavy atom. The predicted octanol–water partition coefficient (Wildman–Crippen LogP) is 2.32. The normalized spacial score (nSPS) is 17.8. The molecule has 114 valence electrons. The van der Waals surface area contributed by atoms with Crippen molar-refractivity contribution in [2.24, 2.45) is 0 Å². The van der Waals surface area contributed by atoms with Crippen LogP contribution in [0.25, 0.3) is 0 Å². The van der Waals surface area contributed by atoms with Gasteiger partial charge in [0.2, 0.25) is 11.8 Å². The van der Waals surface area contributed by atoms with Gasteiger partial charge in [0.15, 0.2) is 0 Å². The summed E-state index contributed by atoms with van der Waals surface area (Å²) in [5.74, 6) is -0.0309. The number of carbonyl (C=O) groups excluding carboxylic acids is 2. The van der Waals surface area contributed by atoms with Crippen LogP contribution in [0.5, 0.6) is 0 Å². The Morgan fingerprint density at radius 1 is 1.19 bits per heavy atom. The number of amides is 2. The highest BCUT2D eigenvalue weighted by molar-refractivity contribution is 5.97. The minimum atomic E-state index is -0.717. The summed E-state index contributed by atoms with van der Waals surface area (Å²) in [6.07, 6.45) is 1.26. The van der Waals surface area contributed by atoms with Gasteiger partial charge in [-0.1, -0.05) is 37.6 Å². The van der Waals surface area contributed by atoms with Crippen molar-refractivity contribution < 1.29 is 9.59 Å². The fourth-order valence-electron chi connectivity index (χ4n) is 3.11. The molecule has 1 saturated heterocycles. The summed E-state index contributed by atoms with van der Waals surface area (Å²) in [7, 11) is 0. The number of rotatable bonds is 4. The van der Waals surface area contributed by atoms with Gasteiger partial charge >= 0.3 is 0 Å². The van der Waals surface area contributed by atoms with Crippen LogP contribution >= 0.6 is 0 Å². The molecule has 0 spiro atoms. The summed E-state index contributed by atoms with van der Waals surface area (Å²) < 4.78 is 0. The minimum Gasteiger partial charge on any atom is -0.345 e. The lowest BCUT2D eigenvalue weighted by Crippen LogP contribution is -2.66. The van der Waals surface area contributed by atoms with Crippen molar-refractivity contribution in [1.82, 2.24) is 10.2 Å². The van der Waals surface area contributed by atoms with Crippen LogP contribution < -0.4 is 5.32 Å². The molecule has 0 unspecified atom stereocenters. The molecule has 1 aromatic rings. The van der Waals surface area contributed by atoms with Gasteiger partial charge in [0.05, 0.1) is 6.54 Å². The first-order valence-electron chi connectivity index (χ1n) is 7.59. The molecule has 21 heavy (non-hydrogen) atoms. The van der Waals surface area contributed by atoms with Gasteiger partial charge in [-0.25, -0.2) is 0 Å². The molecule has 2 amide bonds. The summed E-state index contributed by atoms with van der Waals surface area (Å²) in [6, 6.07) is 6.24. The minimum absolute atomic E-state index is 0.000735. The van der Waals surface area contributed by atoms with E-state index in [4.69, 9.17) is 0 Å². The van der Waals surface area contributed by atoms with E-state index in [2.05, 4.69) is 23.5 Å². The third-order valence-electron chi connectivity index (χ3n) is 4.64. The van der Waals surface area contributed by atoms with Crippen molar-refractivity contribution >= 4 is 11.8 Å². The average Bonchev–Trinajstić information content (AvgIpc) is 2.47. The van der Waals surface area contributed by atoms with Crippen LogP contribution in [0.15, 0.2) is 18.2 Å². The van der Waals surface area contributed by atoms with Crippen LogP contribution in [-0.4, -0.2) is 28.8 Å². The monoisotopic (exact) mass is 288 g/mol. The van der Waals surface area contributed by atoms with Crippen LogP contribution in [0.3, 0.4) is 0 Å². The second kappa shape index (κ2) is 5.88. The zero-order chi connectivity index (χ0) is 15.6. The molecule has 4 heteroatoms. The number of benzene rings is 1. The molecule has 1 aromatic carbocycles. The van der Waals surface area contributed by atoms with Gasteiger partial charge in [0, 0.05) is 6.54 Å². The van der Waals surface area contributed by atoms with Crippen molar-refractivity contribution in [3.05, 3.63) is 34.9 Å². The highest BCUT2D eigenvalue weighted by Gasteiger charge is 2.46. The van der Waals surface area contributed by atoms with Crippen molar-refractivity contribution in [1.29, 1.82) is 0 Å². The van der Waals surface area contributed by atoms with E-state index < -0.39 is 5.54 Å². The highest BCUT2D eigenvalue weighted by atomic mass is 16.2. The highest BCUT2D eigenvalue weighted by Crippen LogP contribution is 2.29. The Morgan fingerprint density at radius 3 is 2.48 bits per heavy atom. The van der Waals surface area contributed by atoms with Gasteiger partial charge in [-0.05, 0) is 37.8 Å². The maximum absolute atomic E-state index is 12.4. The smallest absolute Gasteiger partial charge is 0.246 e. The van der Waals surface area contributed by atoms with E-state index >= 15 is 0 Å². The van der Waals surface area contributed by atoms with Gasteiger partial charge < -0.3 is 10.2 Å². The average molecular weight is 288 g/mol. The fourth-order valence-corrected chi connectivity index (χ4v) is 3.11. The number of carbonyl (C=O) groups is 2. The Hall–Kier alpha value is -1.84. The van der Waals surface area contributed by atoms with Gasteiger partial charge in [0.1, 0.15) is 5.54 Å². The predicted molar refractivity (Wildman–Crippen MR) is 82.8 cm³/mol. The lowest BCUT2D eigenvalue weighted by molar-refractivity contribution is -0.155. The molecule has 1 N–H and O–H groups in total. The zero-order valence-corrected chi connectivity index (χ0v) is 13.3. The molecule has 0 bridgehead atoms. The first-order valence-corrected chi connectivity index (χ1v) is 7.59. The van der Waals surface area contributed by atoms with Crippen molar-refractivity contribution in [3.63, 3.8) is 0 Å². The second-order valence-corrected chi connectivity index (χ2v) is 5.83. The van der Waals surface area contributed by atoms with Gasteiger partial charge in [-0.3, -0.25) is 9.59 Å². The Labute approximate surface area is 126 Å². The molecule has 0 aliphatic carbocycles. The standard InChI is InChI=1S/C17H24N2O2/c1-5-17(6-2)16(21)18-10-15(20)19(17)11-14-9-12(3)7-8-13(14)4/h7-9H,5-6,10-11H2,1-4H3,(H,18,21). The van der Waals surface area contributed by atoms with E-state index in [1.807, 2.05) is 27.7 Å². The largest absolute Gasteiger partial charge is 0.345 e. The van der Waals surface area contributed by atoms with Crippen LogP contribution in [0.1, 0.15) is 43.4 Å². The SMILES string of the molecule is CCC1(CC)C(=O)NCC(=O)N1Cc1cc(C)ccc1C. The van der Waals surface area contributed by atoms with E-state index in [9.17, 15) is 9.59 Å². The molecule has 4 nitrogen and oxygen atoms in total. The topological polar surface area (TPSA) is 49.4 Å². The van der Waals surface area contributed by atoms with Crippen LogP contribution in [0.4, 0.5) is 0 Å². The van der Waals surface area contributed by atoms with E-state index in [1.165, 1.54) is 5.56 Å². The summed E-state index contributed by atoms with van der Waals surface area (Å²) in [6.45, 7) is 8.63. The summed E-state index contributed by atoms with van der Waals surface area (Å²) in [5.41, 5.74) is 2.72. The number of nitrogens with one attached hydrogen (secondary N) is 1. The number of aryl methyl sites for hydroxylation is 2. The van der Waals surface area contributed by atoms with Gasteiger partial charge in [-0.15, -0.1) is 0 Å². The number of hydrogen-bond acceptors (Lipinski definition) is 2. The molecule has 1 fully saturated rings. The van der Waals surface area contributed by atoms with E-state index in [1.54, 1.807) is 4.90 Å². The summed E-state index contributed by atoms with van der Waals surface area (Å²) in [4.78, 5) is 26.5. The molecule has 0 atom stereocenters. The Kier molecular flexibility index (Phi) is 4.35. The first-order chi connectivity index (χ1) is 9.94. The van der Waals surface area contributed by atoms with E-state index in [-0.39, 0.29) is 18.4 Å². The number of hydrogen-bond donors (Lipinski definition) is 1. The van der Waals surface area contributed by atoms with Crippen LogP contribution in [-0.2, 0) is 16.1 Å². The van der Waals surface area contributed by atoms with Crippen molar-refractivity contribution in [2.75, 3.05) is 6.54 Å². The number of piperazine rings is 1. The van der Waals surface area contributed by atoms with E-state index in [0.29, 0.717) is 19.4 Å². The van der Waals surface area contributed by atoms with Crippen molar-refractivity contribution in [3.8, 4) is 0 Å². The van der Waals surface area contributed by atoms with Crippen LogP contribution in [0, 0.1) is 13.8 Å². The zero-order valence-electron chi connectivity index (χ0n) is 13.3. The molecule has 0 saturated carbocycles. The summed E-state index contributed by atoms with van der Waals surface area (Å²) in [5, 5.41) is 2.74. The maximum atomic E-state index is 12.4. The Balaban J connectivity index is 2.40. The molecule has 0 radical (unpaired) electrons. The van der Waals surface area contributed by atoms with Crippen molar-refractivity contribution in [2.45, 2.75) is 52.6 Å². The number of nitrogens with zero attached hydrogens (tertiary/aromatic N) is 1. The van der Waals surface area contributed by atoms with Crippen LogP contribution in [0.2, 0.25) is 0 Å². The second-order valence-electron chi connectivity index (χ2n) is 5.83. The summed E-state index contributed by atoms with van der Waals surface area (Å²) >= 11 is 0. The lowest BCUT2D eigenvalue weighted by atomic mass is 9.86. The lowest BCUT2D eigenvalue weighted by Gasteiger charge is -2.45. The fraction of sp³-hybridized carbons (Fsp3) is 0.529. The molecular weight excluding hydrogens is 264 g/mol. The van der Waals surface area contributed by atoms with E-state index in [0.717, 1.165) is 11.1 Å². The molecule has 1 heterocycles.